The molecule has 1 rings (SSSR count). The highest BCUT2D eigenvalue weighted by atomic mass is 16.6. The third-order valence-corrected chi connectivity index (χ3v) is 3.99. The Hall–Kier alpha value is -2.77. The summed E-state index contributed by atoms with van der Waals surface area (Å²) in [6.45, 7) is 14.0. The van der Waals surface area contributed by atoms with Crippen LogP contribution in [0.3, 0.4) is 0 Å². The van der Waals surface area contributed by atoms with Crippen LogP contribution < -0.4 is 10.6 Å². The van der Waals surface area contributed by atoms with E-state index in [-0.39, 0.29) is 13.2 Å². The molecule has 0 aliphatic heterocycles. The lowest BCUT2D eigenvalue weighted by atomic mass is 9.84. The molecule has 0 saturated heterocycles. The smallest absolute Gasteiger partial charge is 0.408 e. The van der Waals surface area contributed by atoms with Crippen molar-refractivity contribution in [3.05, 3.63) is 35.9 Å². The van der Waals surface area contributed by atoms with Gasteiger partial charge in [-0.25, -0.2) is 14.4 Å². The van der Waals surface area contributed by atoms with E-state index in [4.69, 9.17) is 14.2 Å². The van der Waals surface area contributed by atoms with Crippen LogP contribution in [0.5, 0.6) is 0 Å². The van der Waals surface area contributed by atoms with E-state index in [1.807, 2.05) is 30.3 Å². The minimum atomic E-state index is -1.06. The van der Waals surface area contributed by atoms with Gasteiger partial charge in [-0.05, 0) is 47.1 Å². The summed E-state index contributed by atoms with van der Waals surface area (Å²) in [4.78, 5) is 37.3. The largest absolute Gasteiger partial charge is 0.458 e. The molecule has 0 radical (unpaired) electrons. The van der Waals surface area contributed by atoms with Gasteiger partial charge in [0.25, 0.3) is 0 Å². The van der Waals surface area contributed by atoms with Gasteiger partial charge in [0, 0.05) is 12.0 Å². The zero-order valence-corrected chi connectivity index (χ0v) is 19.8. The lowest BCUT2D eigenvalue weighted by molar-refractivity contribution is -0.160. The molecule has 0 aromatic heterocycles. The number of amides is 2. The average molecular weight is 437 g/mol. The van der Waals surface area contributed by atoms with Crippen molar-refractivity contribution in [2.75, 3.05) is 6.54 Å². The third-order valence-electron chi connectivity index (χ3n) is 3.99. The maximum Gasteiger partial charge on any atom is 0.408 e. The maximum absolute atomic E-state index is 12.8. The van der Waals surface area contributed by atoms with Gasteiger partial charge in [0.05, 0.1) is 0 Å². The summed E-state index contributed by atoms with van der Waals surface area (Å²) in [6, 6.07) is 8.22. The van der Waals surface area contributed by atoms with Crippen LogP contribution in [0.15, 0.2) is 30.3 Å². The van der Waals surface area contributed by atoms with Crippen molar-refractivity contribution in [2.24, 2.45) is 5.41 Å². The molecule has 0 heterocycles. The Labute approximate surface area is 185 Å². The highest BCUT2D eigenvalue weighted by Crippen LogP contribution is 2.24. The van der Waals surface area contributed by atoms with E-state index in [9.17, 15) is 14.4 Å². The molecule has 0 saturated carbocycles. The van der Waals surface area contributed by atoms with Crippen LogP contribution in [0.4, 0.5) is 9.59 Å². The molecule has 1 aromatic carbocycles. The fourth-order valence-electron chi connectivity index (χ4n) is 2.54. The van der Waals surface area contributed by atoms with E-state index < -0.39 is 40.8 Å². The molecule has 0 bridgehead atoms. The van der Waals surface area contributed by atoms with Crippen molar-refractivity contribution in [3.63, 3.8) is 0 Å². The second kappa shape index (κ2) is 10.5. The molecular weight excluding hydrogens is 400 g/mol. The number of benzene rings is 1. The first kappa shape index (κ1) is 26.3. The SMILES string of the molecule is CC(C)(C)OC(=O)N[C@@H](C(=O)OC(C)(C)C)C(C)(C)CNC(=O)OCc1ccccc1. The Kier molecular flexibility index (Phi) is 8.90. The second-order valence-electron chi connectivity index (χ2n) is 10.0. The standard InChI is InChI=1S/C23H36N2O6/c1-21(2,3)30-18(26)17(25-20(28)31-22(4,5)6)23(7,8)15-24-19(27)29-14-16-12-10-9-11-13-16/h9-13,17H,14-15H2,1-8H3,(H,24,27)(H,25,28)/t17-/m0/s1. The molecule has 0 fully saturated rings. The van der Waals surface area contributed by atoms with E-state index in [0.717, 1.165) is 5.56 Å². The molecule has 0 aliphatic rings. The maximum atomic E-state index is 12.8. The van der Waals surface area contributed by atoms with Crippen molar-refractivity contribution in [1.29, 1.82) is 0 Å². The van der Waals surface area contributed by atoms with Crippen LogP contribution in [-0.2, 0) is 25.6 Å². The number of carbonyl (C=O) groups is 3. The second-order valence-corrected chi connectivity index (χ2v) is 10.0. The molecule has 2 amide bonds. The molecule has 174 valence electrons. The summed E-state index contributed by atoms with van der Waals surface area (Å²) in [5, 5.41) is 5.24. The van der Waals surface area contributed by atoms with Crippen molar-refractivity contribution < 1.29 is 28.6 Å². The Morgan fingerprint density at radius 2 is 1.39 bits per heavy atom. The van der Waals surface area contributed by atoms with Gasteiger partial charge in [0.15, 0.2) is 0 Å². The van der Waals surface area contributed by atoms with Crippen LogP contribution in [-0.4, -0.2) is 41.9 Å². The van der Waals surface area contributed by atoms with Gasteiger partial charge >= 0.3 is 18.2 Å². The monoisotopic (exact) mass is 436 g/mol. The van der Waals surface area contributed by atoms with E-state index in [2.05, 4.69) is 10.6 Å². The fourth-order valence-corrected chi connectivity index (χ4v) is 2.54. The van der Waals surface area contributed by atoms with E-state index in [1.165, 1.54) is 0 Å². The Bertz CT molecular complexity index is 748. The summed E-state index contributed by atoms with van der Waals surface area (Å²) in [6.07, 6.45) is -1.37. The van der Waals surface area contributed by atoms with Gasteiger partial charge in [-0.2, -0.15) is 0 Å². The highest BCUT2D eigenvalue weighted by molar-refractivity contribution is 5.82. The van der Waals surface area contributed by atoms with Gasteiger partial charge in [-0.3, -0.25) is 0 Å². The molecule has 0 spiro atoms. The lowest BCUT2D eigenvalue weighted by Gasteiger charge is -2.35. The number of rotatable bonds is 7. The minimum absolute atomic E-state index is 0.0559. The minimum Gasteiger partial charge on any atom is -0.458 e. The summed E-state index contributed by atoms with van der Waals surface area (Å²) < 4.78 is 16.0. The van der Waals surface area contributed by atoms with Crippen molar-refractivity contribution in [3.8, 4) is 0 Å². The van der Waals surface area contributed by atoms with Gasteiger partial charge in [0.1, 0.15) is 23.9 Å². The first-order valence-corrected chi connectivity index (χ1v) is 10.3. The third kappa shape index (κ3) is 10.7. The average Bonchev–Trinajstić information content (AvgIpc) is 2.60. The zero-order valence-electron chi connectivity index (χ0n) is 19.8. The van der Waals surface area contributed by atoms with Crippen LogP contribution in [0, 0.1) is 5.41 Å². The molecular formula is C23H36N2O6. The lowest BCUT2D eigenvalue weighted by Crippen LogP contribution is -2.56. The molecule has 8 nitrogen and oxygen atoms in total. The van der Waals surface area contributed by atoms with Crippen molar-refractivity contribution in [2.45, 2.75) is 79.2 Å². The molecule has 1 aromatic rings. The Morgan fingerprint density at radius 3 is 1.90 bits per heavy atom. The van der Waals surface area contributed by atoms with Gasteiger partial charge in [0.2, 0.25) is 0 Å². The van der Waals surface area contributed by atoms with Gasteiger partial charge < -0.3 is 24.8 Å². The van der Waals surface area contributed by atoms with Crippen molar-refractivity contribution in [1.82, 2.24) is 10.6 Å². The predicted octanol–water partition coefficient (Wildman–Crippen LogP) is 4.17. The van der Waals surface area contributed by atoms with Crippen LogP contribution >= 0.6 is 0 Å². The van der Waals surface area contributed by atoms with Crippen LogP contribution in [0.2, 0.25) is 0 Å². The number of esters is 1. The quantitative estimate of drug-likeness (QED) is 0.491. The molecule has 0 aliphatic carbocycles. The van der Waals surface area contributed by atoms with E-state index >= 15 is 0 Å². The molecule has 1 atom stereocenters. The Morgan fingerprint density at radius 1 is 0.839 bits per heavy atom. The number of alkyl carbamates (subject to hydrolysis) is 2. The Balaban J connectivity index is 2.81. The number of hydrogen-bond acceptors (Lipinski definition) is 6. The summed E-state index contributed by atoms with van der Waals surface area (Å²) in [5.41, 5.74) is -1.52. The number of carbonyl (C=O) groups excluding carboxylic acids is 3. The van der Waals surface area contributed by atoms with E-state index in [0.29, 0.717) is 0 Å². The van der Waals surface area contributed by atoms with Crippen molar-refractivity contribution >= 4 is 18.2 Å². The number of nitrogens with one attached hydrogen (secondary N) is 2. The topological polar surface area (TPSA) is 103 Å². The first-order valence-electron chi connectivity index (χ1n) is 10.3. The molecule has 8 heteroatoms. The van der Waals surface area contributed by atoms with Gasteiger partial charge in [-0.15, -0.1) is 0 Å². The van der Waals surface area contributed by atoms with Crippen LogP contribution in [0.25, 0.3) is 0 Å². The number of ether oxygens (including phenoxy) is 3. The molecule has 0 unspecified atom stereocenters. The van der Waals surface area contributed by atoms with E-state index in [1.54, 1.807) is 55.4 Å². The molecule has 31 heavy (non-hydrogen) atoms. The summed E-state index contributed by atoms with van der Waals surface area (Å²) in [7, 11) is 0. The van der Waals surface area contributed by atoms with Gasteiger partial charge in [-0.1, -0.05) is 44.2 Å². The highest BCUT2D eigenvalue weighted by Gasteiger charge is 2.40. The zero-order chi connectivity index (χ0) is 23.9. The first-order chi connectivity index (χ1) is 14.1. The predicted molar refractivity (Wildman–Crippen MR) is 117 cm³/mol. The molecule has 2 N–H and O–H groups in total. The summed E-state index contributed by atoms with van der Waals surface area (Å²) in [5.74, 6) is -0.622. The number of hydrogen-bond donors (Lipinski definition) is 2. The normalized spacial score (nSPS) is 13.0. The fraction of sp³-hybridized carbons (Fsp3) is 0.609. The van der Waals surface area contributed by atoms with Crippen LogP contribution in [0.1, 0.15) is 61.0 Å². The summed E-state index contributed by atoms with van der Waals surface area (Å²) >= 11 is 0.